The molecule has 1 aliphatic heterocycles. The Labute approximate surface area is 158 Å². The number of hydrogen-bond donors (Lipinski definition) is 0. The van der Waals surface area contributed by atoms with Crippen molar-refractivity contribution in [2.45, 2.75) is 57.7 Å². The number of hydrogen-bond acceptors (Lipinski definition) is 3. The van der Waals surface area contributed by atoms with E-state index in [-0.39, 0.29) is 6.04 Å². The van der Waals surface area contributed by atoms with Gasteiger partial charge in [0.25, 0.3) is 0 Å². The standard InChI is InChI=1S/C16H22Cl3N4O/c1-15(2)8-11(9-16(3,4)23(15)24)22(5)21-20-14-12(18)6-10(17)7-13(14)19/h6-7,11H,8-9H2,1-5H3. The number of nitrogens with zero attached hydrogens (tertiary/aromatic N) is 4. The Morgan fingerprint density at radius 1 is 1.08 bits per heavy atom. The summed E-state index contributed by atoms with van der Waals surface area (Å²) in [4.78, 5) is 0. The van der Waals surface area contributed by atoms with Crippen molar-refractivity contribution in [3.63, 3.8) is 0 Å². The summed E-state index contributed by atoms with van der Waals surface area (Å²) in [6.07, 6.45) is 1.38. The number of piperidine rings is 1. The van der Waals surface area contributed by atoms with Gasteiger partial charge in [0.1, 0.15) is 5.69 Å². The van der Waals surface area contributed by atoms with Crippen molar-refractivity contribution in [3.05, 3.63) is 27.2 Å². The maximum atomic E-state index is 12.4. The van der Waals surface area contributed by atoms with Gasteiger partial charge in [-0.3, -0.25) is 5.01 Å². The Balaban J connectivity index is 2.20. The zero-order chi connectivity index (χ0) is 18.3. The summed E-state index contributed by atoms with van der Waals surface area (Å²) in [6.45, 7) is 7.80. The fourth-order valence-electron chi connectivity index (χ4n) is 3.29. The SMILES string of the molecule is CN(N=Nc1c(Cl)cc(Cl)cc1Cl)C1CC(C)(C)N([O])C(C)(C)C1. The summed E-state index contributed by atoms with van der Waals surface area (Å²) in [5.41, 5.74) is -0.549. The minimum atomic E-state index is -0.467. The molecule has 0 aromatic heterocycles. The Morgan fingerprint density at radius 2 is 1.54 bits per heavy atom. The van der Waals surface area contributed by atoms with Crippen LogP contribution in [0.3, 0.4) is 0 Å². The zero-order valence-electron chi connectivity index (χ0n) is 14.5. The molecule has 1 fully saturated rings. The molecule has 2 rings (SSSR count). The van der Waals surface area contributed by atoms with Crippen molar-refractivity contribution in [3.8, 4) is 0 Å². The Kier molecular flexibility index (Phi) is 5.72. The third kappa shape index (κ3) is 4.14. The summed E-state index contributed by atoms with van der Waals surface area (Å²) in [7, 11) is 1.85. The van der Waals surface area contributed by atoms with Crippen LogP contribution in [0.5, 0.6) is 0 Å². The number of hydroxylamine groups is 2. The van der Waals surface area contributed by atoms with E-state index in [1.54, 1.807) is 17.1 Å². The molecule has 0 atom stereocenters. The van der Waals surface area contributed by atoms with E-state index in [4.69, 9.17) is 34.8 Å². The molecule has 5 nitrogen and oxygen atoms in total. The van der Waals surface area contributed by atoms with Crippen molar-refractivity contribution in [2.24, 2.45) is 10.3 Å². The van der Waals surface area contributed by atoms with Crippen LogP contribution in [0.4, 0.5) is 5.69 Å². The first-order chi connectivity index (χ1) is 10.9. The smallest absolute Gasteiger partial charge is 0.125 e. The van der Waals surface area contributed by atoms with Gasteiger partial charge in [-0.1, -0.05) is 40.0 Å². The normalized spacial score (nSPS) is 21.4. The molecule has 1 saturated heterocycles. The van der Waals surface area contributed by atoms with E-state index >= 15 is 0 Å². The van der Waals surface area contributed by atoms with Gasteiger partial charge < -0.3 is 0 Å². The van der Waals surface area contributed by atoms with Gasteiger partial charge in [0, 0.05) is 23.1 Å². The first kappa shape index (κ1) is 19.7. The molecule has 24 heavy (non-hydrogen) atoms. The lowest BCUT2D eigenvalue weighted by Gasteiger charge is -2.51. The number of rotatable bonds is 3. The van der Waals surface area contributed by atoms with Crippen LogP contribution in [0.25, 0.3) is 0 Å². The third-order valence-electron chi connectivity index (χ3n) is 4.37. The predicted molar refractivity (Wildman–Crippen MR) is 97.5 cm³/mol. The van der Waals surface area contributed by atoms with Crippen LogP contribution in [0, 0.1) is 0 Å². The average Bonchev–Trinajstić information content (AvgIpc) is 2.42. The van der Waals surface area contributed by atoms with Crippen molar-refractivity contribution < 1.29 is 5.21 Å². The molecule has 1 heterocycles. The molecule has 0 saturated carbocycles. The Hall–Kier alpha value is -0.590. The molecule has 0 spiro atoms. The summed E-state index contributed by atoms with van der Waals surface area (Å²) in [5, 5.41) is 25.0. The monoisotopic (exact) mass is 391 g/mol. The van der Waals surface area contributed by atoms with Gasteiger partial charge in [-0.2, -0.15) is 0 Å². The second-order valence-corrected chi connectivity index (χ2v) is 8.71. The topological polar surface area (TPSA) is 51.1 Å². The van der Waals surface area contributed by atoms with Crippen LogP contribution in [0.1, 0.15) is 40.5 Å². The van der Waals surface area contributed by atoms with Crippen molar-refractivity contribution >= 4 is 40.5 Å². The van der Waals surface area contributed by atoms with Crippen LogP contribution in [0.2, 0.25) is 15.1 Å². The molecule has 0 bridgehead atoms. The lowest BCUT2D eigenvalue weighted by Crippen LogP contribution is -2.61. The minimum absolute atomic E-state index is 0.0915. The molecule has 8 heteroatoms. The average molecular weight is 393 g/mol. The highest BCUT2D eigenvalue weighted by molar-refractivity contribution is 6.41. The lowest BCUT2D eigenvalue weighted by molar-refractivity contribution is -0.294. The molecule has 0 amide bonds. The molecule has 0 N–H and O–H groups in total. The Morgan fingerprint density at radius 3 is 2.00 bits per heavy atom. The quantitative estimate of drug-likeness (QED) is 0.472. The van der Waals surface area contributed by atoms with Gasteiger partial charge in [0.2, 0.25) is 0 Å². The maximum Gasteiger partial charge on any atom is 0.125 e. The lowest BCUT2D eigenvalue weighted by atomic mass is 9.79. The second-order valence-electron chi connectivity index (χ2n) is 7.46. The number of halogens is 3. The van der Waals surface area contributed by atoms with Crippen molar-refractivity contribution in [2.75, 3.05) is 7.05 Å². The molecule has 0 unspecified atom stereocenters. The van der Waals surface area contributed by atoms with Gasteiger partial charge >= 0.3 is 0 Å². The molecule has 133 valence electrons. The zero-order valence-corrected chi connectivity index (χ0v) is 16.7. The highest BCUT2D eigenvalue weighted by atomic mass is 35.5. The summed E-state index contributed by atoms with van der Waals surface area (Å²) >= 11 is 18.1. The first-order valence-electron chi connectivity index (χ1n) is 7.70. The van der Waals surface area contributed by atoms with E-state index in [9.17, 15) is 5.21 Å². The number of benzene rings is 1. The summed E-state index contributed by atoms with van der Waals surface area (Å²) in [5.74, 6) is 0. The third-order valence-corrected chi connectivity index (χ3v) is 5.16. The molecule has 1 aliphatic rings. The molecule has 0 aliphatic carbocycles. The second kappa shape index (κ2) is 6.96. The molecule has 1 aromatic carbocycles. The van der Waals surface area contributed by atoms with E-state index in [2.05, 4.69) is 10.3 Å². The van der Waals surface area contributed by atoms with E-state index in [1.807, 2.05) is 34.7 Å². The van der Waals surface area contributed by atoms with E-state index < -0.39 is 11.1 Å². The van der Waals surface area contributed by atoms with Crippen LogP contribution >= 0.6 is 34.8 Å². The van der Waals surface area contributed by atoms with Crippen LogP contribution < -0.4 is 0 Å². The molecular weight excluding hydrogens is 371 g/mol. The van der Waals surface area contributed by atoms with Crippen LogP contribution in [0.15, 0.2) is 22.5 Å². The van der Waals surface area contributed by atoms with E-state index in [1.165, 1.54) is 5.06 Å². The Bertz CT molecular complexity index is 607. The molecular formula is C16H22Cl3N4O. The minimum Gasteiger partial charge on any atom is -0.278 e. The fourth-order valence-corrected chi connectivity index (χ4v) is 4.19. The van der Waals surface area contributed by atoms with Gasteiger partial charge in [-0.25, -0.2) is 0 Å². The predicted octanol–water partition coefficient (Wildman–Crippen LogP) is 5.94. The first-order valence-corrected chi connectivity index (χ1v) is 8.84. The van der Waals surface area contributed by atoms with Crippen molar-refractivity contribution in [1.82, 2.24) is 10.1 Å². The summed E-state index contributed by atoms with van der Waals surface area (Å²) < 4.78 is 0. The molecule has 1 aromatic rings. The maximum absolute atomic E-state index is 12.4. The van der Waals surface area contributed by atoms with Gasteiger partial charge in [-0.15, -0.1) is 15.4 Å². The van der Waals surface area contributed by atoms with E-state index in [0.717, 1.165) is 0 Å². The van der Waals surface area contributed by atoms with Crippen LogP contribution in [-0.2, 0) is 5.21 Å². The van der Waals surface area contributed by atoms with Gasteiger partial charge in [0.15, 0.2) is 0 Å². The highest BCUT2D eigenvalue weighted by Gasteiger charge is 2.47. The van der Waals surface area contributed by atoms with Gasteiger partial charge in [0.05, 0.1) is 16.1 Å². The largest absolute Gasteiger partial charge is 0.278 e. The van der Waals surface area contributed by atoms with Crippen molar-refractivity contribution in [1.29, 1.82) is 0 Å². The van der Waals surface area contributed by atoms with E-state index in [0.29, 0.717) is 33.6 Å². The molecule has 1 radical (unpaired) electrons. The van der Waals surface area contributed by atoms with Crippen LogP contribution in [-0.4, -0.2) is 34.2 Å². The summed E-state index contributed by atoms with van der Waals surface area (Å²) in [6, 6.07) is 3.24. The fraction of sp³-hybridized carbons (Fsp3) is 0.625. The highest BCUT2D eigenvalue weighted by Crippen LogP contribution is 2.40. The van der Waals surface area contributed by atoms with Gasteiger partial charge in [-0.05, 0) is 52.7 Å².